The van der Waals surface area contributed by atoms with Gasteiger partial charge in [-0.2, -0.15) is 0 Å². The first kappa shape index (κ1) is 13.5. The molecule has 0 radical (unpaired) electrons. The lowest BCUT2D eigenvalue weighted by atomic mass is 10.2. The maximum Gasteiger partial charge on any atom is 0.138 e. The fraction of sp³-hybridized carbons (Fsp3) is 0. The minimum absolute atomic E-state index is 0.331. The van der Waals surface area contributed by atoms with Crippen molar-refractivity contribution >= 4 is 55.6 Å². The SMILES string of the molecule is Nc1cc(I)c(F)cc1Nc1ccc(F)c(Br)c1. The standard InChI is InChI=1S/C12H8BrF2IN2/c13-7-3-6(1-2-8(7)14)18-12-4-9(15)10(16)5-11(12)17/h1-5,18H,17H2. The van der Waals surface area contributed by atoms with Gasteiger partial charge in [0.1, 0.15) is 11.6 Å². The summed E-state index contributed by atoms with van der Waals surface area (Å²) in [6.07, 6.45) is 0. The molecule has 18 heavy (non-hydrogen) atoms. The summed E-state index contributed by atoms with van der Waals surface area (Å²) < 4.78 is 27.3. The van der Waals surface area contributed by atoms with Crippen molar-refractivity contribution in [3.8, 4) is 0 Å². The van der Waals surface area contributed by atoms with Gasteiger partial charge in [0.2, 0.25) is 0 Å². The first-order valence-corrected chi connectivity index (χ1v) is 6.81. The molecule has 0 aromatic heterocycles. The molecule has 2 aromatic rings. The molecule has 0 spiro atoms. The summed E-state index contributed by atoms with van der Waals surface area (Å²) in [5, 5.41) is 2.94. The number of nitrogen functional groups attached to an aromatic ring is 1. The maximum atomic E-state index is 13.4. The molecular formula is C12H8BrF2IN2. The van der Waals surface area contributed by atoms with E-state index in [4.69, 9.17) is 5.73 Å². The second-order valence-electron chi connectivity index (χ2n) is 3.61. The first-order chi connectivity index (χ1) is 8.47. The molecular weight excluding hydrogens is 417 g/mol. The van der Waals surface area contributed by atoms with Gasteiger partial charge >= 0.3 is 0 Å². The molecule has 0 bridgehead atoms. The van der Waals surface area contributed by atoms with E-state index in [-0.39, 0.29) is 11.6 Å². The highest BCUT2D eigenvalue weighted by atomic mass is 127. The monoisotopic (exact) mass is 424 g/mol. The van der Waals surface area contributed by atoms with Crippen LogP contribution in [0, 0.1) is 15.2 Å². The van der Waals surface area contributed by atoms with Crippen molar-refractivity contribution in [2.24, 2.45) is 0 Å². The van der Waals surface area contributed by atoms with Crippen molar-refractivity contribution < 1.29 is 8.78 Å². The van der Waals surface area contributed by atoms with E-state index in [0.717, 1.165) is 0 Å². The summed E-state index contributed by atoms with van der Waals surface area (Å²) in [5.74, 6) is -0.712. The molecule has 0 aliphatic rings. The number of anilines is 3. The van der Waals surface area contributed by atoms with Crippen LogP contribution in [0.4, 0.5) is 25.8 Å². The highest BCUT2D eigenvalue weighted by Gasteiger charge is 2.07. The summed E-state index contributed by atoms with van der Waals surface area (Å²) in [4.78, 5) is 0. The number of nitrogens with one attached hydrogen (secondary N) is 1. The van der Waals surface area contributed by atoms with Crippen LogP contribution in [0.2, 0.25) is 0 Å². The van der Waals surface area contributed by atoms with Gasteiger partial charge in [-0.1, -0.05) is 0 Å². The Labute approximate surface area is 125 Å². The summed E-state index contributed by atoms with van der Waals surface area (Å²) in [6, 6.07) is 7.27. The van der Waals surface area contributed by atoms with Gasteiger partial charge in [-0.3, -0.25) is 0 Å². The van der Waals surface area contributed by atoms with Crippen molar-refractivity contribution in [3.63, 3.8) is 0 Å². The van der Waals surface area contributed by atoms with Crippen LogP contribution in [0.1, 0.15) is 0 Å². The third kappa shape index (κ3) is 2.92. The minimum Gasteiger partial charge on any atom is -0.397 e. The molecule has 0 unspecified atom stereocenters. The smallest absolute Gasteiger partial charge is 0.138 e. The quantitative estimate of drug-likeness (QED) is 0.543. The lowest BCUT2D eigenvalue weighted by Crippen LogP contribution is -1.99. The van der Waals surface area contributed by atoms with E-state index in [0.29, 0.717) is 25.1 Å². The Kier molecular flexibility index (Phi) is 4.06. The zero-order valence-electron chi connectivity index (χ0n) is 8.98. The summed E-state index contributed by atoms with van der Waals surface area (Å²) in [6.45, 7) is 0. The van der Waals surface area contributed by atoms with Crippen molar-refractivity contribution in [2.75, 3.05) is 11.1 Å². The molecule has 0 amide bonds. The number of hydrogen-bond acceptors (Lipinski definition) is 2. The van der Waals surface area contributed by atoms with Crippen LogP contribution in [0.25, 0.3) is 0 Å². The fourth-order valence-corrected chi connectivity index (χ4v) is 2.27. The number of nitrogens with two attached hydrogens (primary N) is 1. The lowest BCUT2D eigenvalue weighted by Gasteiger charge is -2.11. The minimum atomic E-state index is -0.359. The predicted octanol–water partition coefficient (Wildman–Crippen LogP) is 4.66. The van der Waals surface area contributed by atoms with Crippen molar-refractivity contribution in [1.29, 1.82) is 0 Å². The zero-order valence-corrected chi connectivity index (χ0v) is 12.7. The first-order valence-electron chi connectivity index (χ1n) is 4.94. The molecule has 2 rings (SSSR count). The Morgan fingerprint density at radius 1 is 1.11 bits per heavy atom. The Bertz CT molecular complexity index is 605. The van der Waals surface area contributed by atoms with E-state index in [1.807, 2.05) is 22.6 Å². The molecule has 0 fully saturated rings. The molecule has 0 saturated heterocycles. The van der Waals surface area contributed by atoms with Crippen LogP contribution in [0.15, 0.2) is 34.8 Å². The van der Waals surface area contributed by atoms with E-state index >= 15 is 0 Å². The molecule has 6 heteroatoms. The van der Waals surface area contributed by atoms with Gasteiger partial charge in [-0.25, -0.2) is 8.78 Å². The maximum absolute atomic E-state index is 13.4. The topological polar surface area (TPSA) is 38.0 Å². The Morgan fingerprint density at radius 3 is 2.50 bits per heavy atom. The van der Waals surface area contributed by atoms with Crippen molar-refractivity contribution in [1.82, 2.24) is 0 Å². The van der Waals surface area contributed by atoms with Crippen molar-refractivity contribution in [2.45, 2.75) is 0 Å². The van der Waals surface area contributed by atoms with Crippen molar-refractivity contribution in [3.05, 3.63) is 50.0 Å². The fourth-order valence-electron chi connectivity index (χ4n) is 1.40. The molecule has 2 aromatic carbocycles. The number of hydrogen-bond donors (Lipinski definition) is 2. The predicted molar refractivity (Wildman–Crippen MR) is 80.9 cm³/mol. The summed E-state index contributed by atoms with van der Waals surface area (Å²) >= 11 is 4.95. The van der Waals surface area contributed by atoms with Gasteiger partial charge < -0.3 is 11.1 Å². The average molecular weight is 425 g/mol. The van der Waals surface area contributed by atoms with Crippen LogP contribution in [-0.2, 0) is 0 Å². The molecule has 0 aliphatic carbocycles. The Balaban J connectivity index is 2.34. The van der Waals surface area contributed by atoms with Crippen LogP contribution in [0.5, 0.6) is 0 Å². The lowest BCUT2D eigenvalue weighted by molar-refractivity contribution is 0.620. The van der Waals surface area contributed by atoms with Crippen LogP contribution in [-0.4, -0.2) is 0 Å². The molecule has 94 valence electrons. The van der Waals surface area contributed by atoms with Crippen LogP contribution < -0.4 is 11.1 Å². The summed E-state index contributed by atoms with van der Waals surface area (Å²) in [7, 11) is 0. The van der Waals surface area contributed by atoms with E-state index in [1.54, 1.807) is 12.1 Å². The summed E-state index contributed by atoms with van der Waals surface area (Å²) in [5.41, 5.74) is 7.29. The Hall–Kier alpha value is -0.890. The second-order valence-corrected chi connectivity index (χ2v) is 5.62. The highest BCUT2D eigenvalue weighted by molar-refractivity contribution is 14.1. The molecule has 3 N–H and O–H groups in total. The largest absolute Gasteiger partial charge is 0.397 e. The molecule has 0 atom stereocenters. The normalized spacial score (nSPS) is 10.4. The van der Waals surface area contributed by atoms with E-state index in [9.17, 15) is 8.78 Å². The second kappa shape index (κ2) is 5.40. The van der Waals surface area contributed by atoms with E-state index < -0.39 is 0 Å². The number of rotatable bonds is 2. The van der Waals surface area contributed by atoms with Gasteiger partial charge in [0.25, 0.3) is 0 Å². The van der Waals surface area contributed by atoms with Crippen LogP contribution >= 0.6 is 38.5 Å². The van der Waals surface area contributed by atoms with Gasteiger partial charge in [0.15, 0.2) is 0 Å². The highest BCUT2D eigenvalue weighted by Crippen LogP contribution is 2.28. The average Bonchev–Trinajstić information content (AvgIpc) is 2.31. The third-order valence-corrected chi connectivity index (χ3v) is 3.73. The van der Waals surface area contributed by atoms with E-state index in [1.165, 1.54) is 18.2 Å². The number of halogens is 4. The molecule has 2 nitrogen and oxygen atoms in total. The third-order valence-electron chi connectivity index (χ3n) is 2.29. The Morgan fingerprint density at radius 2 is 1.83 bits per heavy atom. The van der Waals surface area contributed by atoms with Gasteiger partial charge in [0, 0.05) is 11.8 Å². The zero-order chi connectivity index (χ0) is 13.3. The molecule has 0 aliphatic heterocycles. The van der Waals surface area contributed by atoms with Gasteiger partial charge in [-0.05, 0) is 62.8 Å². The number of benzene rings is 2. The molecule has 0 saturated carbocycles. The van der Waals surface area contributed by atoms with Gasteiger partial charge in [0.05, 0.1) is 19.4 Å². The van der Waals surface area contributed by atoms with E-state index in [2.05, 4.69) is 21.2 Å². The molecule has 0 heterocycles. The van der Waals surface area contributed by atoms with Crippen LogP contribution in [0.3, 0.4) is 0 Å². The van der Waals surface area contributed by atoms with Gasteiger partial charge in [-0.15, -0.1) is 0 Å².